The normalized spacial score (nSPS) is 34.0. The monoisotopic (exact) mass is 328 g/mol. The summed E-state index contributed by atoms with van der Waals surface area (Å²) in [6, 6.07) is 0. The Hall–Kier alpha value is -0.980. The van der Waals surface area contributed by atoms with Gasteiger partial charge in [0.05, 0.1) is 32.3 Å². The van der Waals surface area contributed by atoms with E-state index in [1.807, 2.05) is 0 Å². The number of ether oxygens (including phenoxy) is 4. The zero-order chi connectivity index (χ0) is 16.9. The summed E-state index contributed by atoms with van der Waals surface area (Å²) < 4.78 is 21.0. The topological polar surface area (TPSA) is 71.1 Å². The van der Waals surface area contributed by atoms with Crippen LogP contribution < -0.4 is 0 Å². The fourth-order valence-corrected chi connectivity index (χ4v) is 4.00. The van der Waals surface area contributed by atoms with Crippen LogP contribution in [-0.4, -0.2) is 52.1 Å². The van der Waals surface area contributed by atoms with Gasteiger partial charge in [0.25, 0.3) is 0 Å². The first-order chi connectivity index (χ1) is 11.0. The second-order valence-electron chi connectivity index (χ2n) is 6.82. The first-order valence-corrected chi connectivity index (χ1v) is 8.30. The molecule has 0 radical (unpaired) electrons. The molecule has 6 heteroatoms. The van der Waals surface area contributed by atoms with Gasteiger partial charge in [-0.3, -0.25) is 9.59 Å². The molecule has 0 aromatic heterocycles. The standard InChI is InChI=1S/C17H28O6/c1-17-6-4-5-14(18)13(17)9-15(12(10-17)16(19)21-3)23-11-22-8-7-20-2/h12-13,15H,4-11H2,1-3H3/t12-,13-,15-,17+/m0/s1. The highest BCUT2D eigenvalue weighted by Gasteiger charge is 2.51. The summed E-state index contributed by atoms with van der Waals surface area (Å²) in [5.41, 5.74) is -0.120. The van der Waals surface area contributed by atoms with Gasteiger partial charge in [-0.2, -0.15) is 0 Å². The predicted octanol–water partition coefficient (Wildman–Crippen LogP) is 1.95. The lowest BCUT2D eigenvalue weighted by atomic mass is 9.57. The minimum Gasteiger partial charge on any atom is -0.469 e. The molecule has 2 aliphatic rings. The minimum absolute atomic E-state index is 0.0267. The summed E-state index contributed by atoms with van der Waals surface area (Å²) in [5, 5.41) is 0. The van der Waals surface area contributed by atoms with Gasteiger partial charge in [-0.1, -0.05) is 6.92 Å². The van der Waals surface area contributed by atoms with Gasteiger partial charge >= 0.3 is 5.97 Å². The van der Waals surface area contributed by atoms with Crippen LogP contribution in [0.3, 0.4) is 0 Å². The Labute approximate surface area is 137 Å². The lowest BCUT2D eigenvalue weighted by Crippen LogP contribution is -2.50. The van der Waals surface area contributed by atoms with Crippen LogP contribution in [0, 0.1) is 17.3 Å². The maximum absolute atomic E-state index is 12.3. The van der Waals surface area contributed by atoms with E-state index < -0.39 is 0 Å². The molecule has 0 aromatic rings. The van der Waals surface area contributed by atoms with Crippen molar-refractivity contribution in [1.29, 1.82) is 0 Å². The number of fused-ring (bicyclic) bond motifs is 1. The summed E-state index contributed by atoms with van der Waals surface area (Å²) in [5.74, 6) is -0.320. The maximum atomic E-state index is 12.3. The Balaban J connectivity index is 2.01. The zero-order valence-corrected chi connectivity index (χ0v) is 14.3. The average Bonchev–Trinajstić information content (AvgIpc) is 2.54. The smallest absolute Gasteiger partial charge is 0.311 e. The van der Waals surface area contributed by atoms with Gasteiger partial charge in [-0.15, -0.1) is 0 Å². The van der Waals surface area contributed by atoms with Gasteiger partial charge in [-0.25, -0.2) is 0 Å². The van der Waals surface area contributed by atoms with Gasteiger partial charge in [0.15, 0.2) is 0 Å². The van der Waals surface area contributed by atoms with Crippen molar-refractivity contribution in [3.63, 3.8) is 0 Å². The van der Waals surface area contributed by atoms with Crippen LogP contribution in [-0.2, 0) is 28.5 Å². The second kappa shape index (κ2) is 8.22. The molecule has 0 heterocycles. The molecule has 0 bridgehead atoms. The van der Waals surface area contributed by atoms with Gasteiger partial charge in [0, 0.05) is 19.4 Å². The molecule has 0 aromatic carbocycles. The van der Waals surface area contributed by atoms with E-state index in [1.54, 1.807) is 7.11 Å². The first kappa shape index (κ1) is 18.4. The predicted molar refractivity (Wildman–Crippen MR) is 82.8 cm³/mol. The summed E-state index contributed by atoms with van der Waals surface area (Å²) >= 11 is 0. The molecule has 0 aliphatic heterocycles. The molecule has 2 fully saturated rings. The van der Waals surface area contributed by atoms with Crippen LogP contribution in [0.2, 0.25) is 0 Å². The number of Topliss-reactive ketones (excluding diaryl/α,β-unsaturated/α-hetero) is 1. The highest BCUT2D eigenvalue weighted by atomic mass is 16.7. The second-order valence-corrected chi connectivity index (χ2v) is 6.82. The quantitative estimate of drug-likeness (QED) is 0.404. The highest BCUT2D eigenvalue weighted by Crippen LogP contribution is 2.51. The number of rotatable bonds is 7. The summed E-state index contributed by atoms with van der Waals surface area (Å²) in [6.07, 6.45) is 3.41. The van der Waals surface area contributed by atoms with Crippen molar-refractivity contribution in [3.05, 3.63) is 0 Å². The molecule has 0 saturated heterocycles. The molecule has 2 aliphatic carbocycles. The van der Waals surface area contributed by atoms with Crippen LogP contribution in [0.15, 0.2) is 0 Å². The minimum atomic E-state index is -0.335. The van der Waals surface area contributed by atoms with Crippen molar-refractivity contribution in [3.8, 4) is 0 Å². The molecule has 0 amide bonds. The molecule has 0 N–H and O–H groups in total. The van der Waals surface area contributed by atoms with Crippen molar-refractivity contribution < 1.29 is 28.5 Å². The fraction of sp³-hybridized carbons (Fsp3) is 0.882. The molecule has 2 rings (SSSR count). The molecule has 132 valence electrons. The van der Waals surface area contributed by atoms with E-state index in [-0.39, 0.29) is 36.1 Å². The molecular weight excluding hydrogens is 300 g/mol. The average molecular weight is 328 g/mol. The van der Waals surface area contributed by atoms with Crippen LogP contribution >= 0.6 is 0 Å². The number of carbonyl (C=O) groups is 2. The molecule has 4 atom stereocenters. The Morgan fingerprint density at radius 3 is 2.78 bits per heavy atom. The lowest BCUT2D eigenvalue weighted by Gasteiger charge is -2.48. The van der Waals surface area contributed by atoms with E-state index in [9.17, 15) is 9.59 Å². The van der Waals surface area contributed by atoms with Gasteiger partial charge in [0.2, 0.25) is 0 Å². The molecule has 23 heavy (non-hydrogen) atoms. The summed E-state index contributed by atoms with van der Waals surface area (Å²) in [7, 11) is 3.00. The molecule has 0 unspecified atom stereocenters. The SMILES string of the molecule is COCCOCO[C@H]1C[C@H]2C(=O)CCC[C@]2(C)C[C@@H]1C(=O)OC. The summed E-state index contributed by atoms with van der Waals surface area (Å²) in [4.78, 5) is 24.5. The third-order valence-electron chi connectivity index (χ3n) is 5.31. The number of carbonyl (C=O) groups excluding carboxylic acids is 2. The fourth-order valence-electron chi connectivity index (χ4n) is 4.00. The van der Waals surface area contributed by atoms with Gasteiger partial charge in [-0.05, 0) is 31.1 Å². The van der Waals surface area contributed by atoms with E-state index in [4.69, 9.17) is 18.9 Å². The van der Waals surface area contributed by atoms with Crippen molar-refractivity contribution in [2.45, 2.75) is 45.1 Å². The largest absolute Gasteiger partial charge is 0.469 e. The Bertz CT molecular complexity index is 423. The molecule has 2 saturated carbocycles. The molecule has 0 spiro atoms. The van der Waals surface area contributed by atoms with E-state index in [2.05, 4.69) is 6.92 Å². The highest BCUT2D eigenvalue weighted by molar-refractivity contribution is 5.83. The van der Waals surface area contributed by atoms with E-state index in [1.165, 1.54) is 7.11 Å². The maximum Gasteiger partial charge on any atom is 0.311 e. The van der Waals surface area contributed by atoms with Crippen molar-refractivity contribution >= 4 is 11.8 Å². The third kappa shape index (κ3) is 4.31. The number of hydrogen-bond donors (Lipinski definition) is 0. The molecule has 6 nitrogen and oxygen atoms in total. The first-order valence-electron chi connectivity index (χ1n) is 8.30. The van der Waals surface area contributed by atoms with E-state index >= 15 is 0 Å². The van der Waals surface area contributed by atoms with Crippen molar-refractivity contribution in [2.75, 3.05) is 34.2 Å². The Morgan fingerprint density at radius 1 is 1.30 bits per heavy atom. The number of methoxy groups -OCH3 is 2. The van der Waals surface area contributed by atoms with Crippen LogP contribution in [0.1, 0.15) is 39.0 Å². The number of ketones is 1. The third-order valence-corrected chi connectivity index (χ3v) is 5.31. The number of esters is 1. The van der Waals surface area contributed by atoms with Crippen LogP contribution in [0.25, 0.3) is 0 Å². The van der Waals surface area contributed by atoms with Crippen LogP contribution in [0.5, 0.6) is 0 Å². The zero-order valence-electron chi connectivity index (χ0n) is 14.3. The number of hydrogen-bond acceptors (Lipinski definition) is 6. The van der Waals surface area contributed by atoms with Crippen LogP contribution in [0.4, 0.5) is 0 Å². The van der Waals surface area contributed by atoms with Gasteiger partial charge in [0.1, 0.15) is 12.6 Å². The van der Waals surface area contributed by atoms with Gasteiger partial charge < -0.3 is 18.9 Å². The molecular formula is C17H28O6. The lowest BCUT2D eigenvalue weighted by molar-refractivity contribution is -0.178. The summed E-state index contributed by atoms with van der Waals surface area (Å²) in [6.45, 7) is 3.15. The Kier molecular flexibility index (Phi) is 6.56. The van der Waals surface area contributed by atoms with E-state index in [0.717, 1.165) is 12.8 Å². The van der Waals surface area contributed by atoms with E-state index in [0.29, 0.717) is 38.3 Å². The van der Waals surface area contributed by atoms with Crippen molar-refractivity contribution in [1.82, 2.24) is 0 Å². The Morgan fingerprint density at radius 2 is 2.09 bits per heavy atom. The van der Waals surface area contributed by atoms with Crippen molar-refractivity contribution in [2.24, 2.45) is 17.3 Å².